The fourth-order valence-electron chi connectivity index (χ4n) is 4.03. The third kappa shape index (κ3) is 3.52. The van der Waals surface area contributed by atoms with Crippen LogP contribution in [0.15, 0.2) is 47.2 Å². The van der Waals surface area contributed by atoms with E-state index in [4.69, 9.17) is 4.42 Å². The minimum atomic E-state index is -0.513. The Kier molecular flexibility index (Phi) is 4.86. The molecule has 2 unspecified atom stereocenters. The molecule has 31 heavy (non-hydrogen) atoms. The Hall–Kier alpha value is -3.73. The average Bonchev–Trinajstić information content (AvgIpc) is 3.33. The van der Waals surface area contributed by atoms with Gasteiger partial charge in [-0.05, 0) is 17.2 Å². The van der Waals surface area contributed by atoms with Crippen molar-refractivity contribution >= 4 is 29.3 Å². The summed E-state index contributed by atoms with van der Waals surface area (Å²) in [5.74, 6) is -0.652. The summed E-state index contributed by atoms with van der Waals surface area (Å²) < 4.78 is 7.13. The van der Waals surface area contributed by atoms with Crippen molar-refractivity contribution in [2.24, 2.45) is 7.05 Å². The number of piperazine rings is 1. The van der Waals surface area contributed by atoms with Crippen molar-refractivity contribution in [3.8, 4) is 0 Å². The number of fused-ring (bicyclic) bond motifs is 1. The number of carbonyl (C=O) groups excluding carboxylic acids is 2. The van der Waals surface area contributed by atoms with E-state index in [1.165, 1.54) is 9.58 Å². The van der Waals surface area contributed by atoms with Gasteiger partial charge in [-0.15, -0.1) is 4.90 Å². The molecule has 0 aromatic carbocycles. The lowest BCUT2D eigenvalue weighted by Crippen LogP contribution is -2.44. The maximum Gasteiger partial charge on any atom is 0.489 e. The van der Waals surface area contributed by atoms with Gasteiger partial charge >= 0.3 is 23.8 Å². The fourth-order valence-corrected chi connectivity index (χ4v) is 4.03. The zero-order chi connectivity index (χ0) is 21.4. The molecule has 11 heteroatoms. The predicted molar refractivity (Wildman–Crippen MR) is 112 cm³/mol. The van der Waals surface area contributed by atoms with Crippen LogP contribution in [0.2, 0.25) is 0 Å². The van der Waals surface area contributed by atoms with Gasteiger partial charge in [0.05, 0.1) is 23.6 Å². The Balaban J connectivity index is 1.38. The summed E-state index contributed by atoms with van der Waals surface area (Å²) in [6.45, 7) is 3.41. The molecule has 160 valence electrons. The number of nitrogens with one attached hydrogen (secondary N) is 3. The third-order valence-corrected chi connectivity index (χ3v) is 5.52. The molecule has 2 atom stereocenters. The highest BCUT2D eigenvalue weighted by molar-refractivity contribution is 6.03. The fraction of sp³-hybridized carbons (Fsp3) is 0.350. The Morgan fingerprint density at radius 3 is 2.94 bits per heavy atom. The van der Waals surface area contributed by atoms with Crippen LogP contribution < -0.4 is 30.4 Å². The second-order valence-electron chi connectivity index (χ2n) is 7.50. The number of hydrogen-bond acceptors (Lipinski definition) is 7. The molecule has 0 saturated carbocycles. The Morgan fingerprint density at radius 1 is 1.29 bits per heavy atom. The van der Waals surface area contributed by atoms with Crippen LogP contribution in [-0.4, -0.2) is 60.3 Å². The van der Waals surface area contributed by atoms with Gasteiger partial charge in [0.25, 0.3) is 0 Å². The predicted octanol–water partition coefficient (Wildman–Crippen LogP) is -0.0512. The van der Waals surface area contributed by atoms with Crippen molar-refractivity contribution in [1.82, 2.24) is 20.7 Å². The number of allylic oxidation sites excluding steroid dienone is 2. The molecular weight excluding hydrogens is 400 g/mol. The van der Waals surface area contributed by atoms with Crippen LogP contribution in [-0.2, 0) is 7.05 Å². The monoisotopic (exact) mass is 423 g/mol. The first kappa shape index (κ1) is 19.2. The number of amides is 3. The number of aryl methyl sites for hydroxylation is 1. The van der Waals surface area contributed by atoms with E-state index in [2.05, 4.69) is 30.9 Å². The second-order valence-corrected chi connectivity index (χ2v) is 7.50. The van der Waals surface area contributed by atoms with Gasteiger partial charge in [0.2, 0.25) is 0 Å². The molecule has 2 aromatic rings. The van der Waals surface area contributed by atoms with E-state index in [-0.39, 0.29) is 30.0 Å². The summed E-state index contributed by atoms with van der Waals surface area (Å²) in [5, 5.41) is 13.2. The van der Waals surface area contributed by atoms with Gasteiger partial charge in [-0.2, -0.15) is 0 Å². The summed E-state index contributed by atoms with van der Waals surface area (Å²) in [6.07, 6.45) is 10.9. The van der Waals surface area contributed by atoms with Crippen LogP contribution >= 0.6 is 0 Å². The Labute approximate surface area is 178 Å². The van der Waals surface area contributed by atoms with Crippen molar-refractivity contribution in [1.29, 1.82) is 0 Å². The van der Waals surface area contributed by atoms with Crippen molar-refractivity contribution in [2.75, 3.05) is 41.3 Å². The highest BCUT2D eigenvalue weighted by atomic mass is 16.4. The lowest BCUT2D eigenvalue weighted by Gasteiger charge is -2.30. The number of hydrogen-bond donors (Lipinski definition) is 3. The molecule has 5 rings (SSSR count). The topological polar surface area (TPSA) is 120 Å². The number of rotatable bonds is 4. The molecule has 11 nitrogen and oxygen atoms in total. The number of nitrogens with zero attached hydrogens (tertiary/aromatic N) is 5. The zero-order valence-electron chi connectivity index (χ0n) is 17.0. The minimum Gasteiger partial charge on any atom is -0.367 e. The SMILES string of the molecule is C[n+]1nc(C(=O)Nc2cnccc2N2CCNCC2)oc1N1C(=O)NC2C=CC=CC21. The minimum absolute atomic E-state index is 0.140. The van der Waals surface area contributed by atoms with Crippen molar-refractivity contribution in [3.05, 3.63) is 48.7 Å². The maximum absolute atomic E-state index is 12.9. The number of urea groups is 1. The van der Waals surface area contributed by atoms with Crippen LogP contribution in [0.3, 0.4) is 0 Å². The van der Waals surface area contributed by atoms with E-state index < -0.39 is 5.91 Å². The normalized spacial score (nSPS) is 22.4. The van der Waals surface area contributed by atoms with Gasteiger partial charge in [0.15, 0.2) is 6.04 Å². The van der Waals surface area contributed by atoms with E-state index in [0.29, 0.717) is 5.69 Å². The standard InChI is InChI=1S/C20H22N8O3/c1-26-20(28-16-5-3-2-4-13(16)24-19(28)30)31-18(25-26)17(29)23-14-12-22-7-6-15(14)27-10-8-21-9-11-27/h2-7,12-13,16,21H,8-11H2,1H3,(H-,23,24,29,30)/p+1. The summed E-state index contributed by atoms with van der Waals surface area (Å²) >= 11 is 0. The highest BCUT2D eigenvalue weighted by Crippen LogP contribution is 2.27. The molecule has 3 aliphatic rings. The lowest BCUT2D eigenvalue weighted by atomic mass is 10.0. The van der Waals surface area contributed by atoms with Crippen LogP contribution in [0, 0.1) is 0 Å². The maximum atomic E-state index is 12.9. The molecular formula is C20H23N8O3+. The molecule has 3 amide bonds. The number of carbonyl (C=O) groups is 2. The Morgan fingerprint density at radius 2 is 2.10 bits per heavy atom. The molecule has 0 bridgehead atoms. The van der Waals surface area contributed by atoms with Crippen molar-refractivity contribution < 1.29 is 18.7 Å². The van der Waals surface area contributed by atoms with E-state index in [1.807, 2.05) is 30.4 Å². The highest BCUT2D eigenvalue weighted by Gasteiger charge is 2.49. The van der Waals surface area contributed by atoms with Gasteiger partial charge in [0, 0.05) is 32.4 Å². The number of aromatic nitrogens is 3. The molecule has 2 saturated heterocycles. The summed E-state index contributed by atoms with van der Waals surface area (Å²) in [4.78, 5) is 33.2. The molecule has 3 N–H and O–H groups in total. The van der Waals surface area contributed by atoms with E-state index in [1.54, 1.807) is 19.4 Å². The molecule has 2 aliphatic heterocycles. The van der Waals surface area contributed by atoms with Crippen LogP contribution in [0.4, 0.5) is 22.2 Å². The molecule has 4 heterocycles. The summed E-state index contributed by atoms with van der Waals surface area (Å²) in [5.41, 5.74) is 1.47. The van der Waals surface area contributed by atoms with Crippen molar-refractivity contribution in [3.63, 3.8) is 0 Å². The average molecular weight is 423 g/mol. The molecule has 1 aliphatic carbocycles. The van der Waals surface area contributed by atoms with Gasteiger partial charge in [0.1, 0.15) is 7.05 Å². The molecule has 0 spiro atoms. The molecule has 2 fully saturated rings. The lowest BCUT2D eigenvalue weighted by molar-refractivity contribution is -0.718. The summed E-state index contributed by atoms with van der Waals surface area (Å²) in [6, 6.07) is 1.35. The second kappa shape index (κ2) is 7.84. The molecule has 2 aromatic heterocycles. The quantitative estimate of drug-likeness (QED) is 0.590. The van der Waals surface area contributed by atoms with E-state index >= 15 is 0 Å². The van der Waals surface area contributed by atoms with Crippen LogP contribution in [0.25, 0.3) is 0 Å². The largest absolute Gasteiger partial charge is 0.489 e. The zero-order valence-corrected chi connectivity index (χ0v) is 17.0. The van der Waals surface area contributed by atoms with Crippen molar-refractivity contribution in [2.45, 2.75) is 12.1 Å². The van der Waals surface area contributed by atoms with E-state index in [0.717, 1.165) is 31.9 Å². The van der Waals surface area contributed by atoms with Gasteiger partial charge in [-0.25, -0.2) is 4.79 Å². The first-order valence-electron chi connectivity index (χ1n) is 10.1. The Bertz CT molecular complexity index is 1070. The van der Waals surface area contributed by atoms with Crippen LogP contribution in [0.5, 0.6) is 0 Å². The van der Waals surface area contributed by atoms with Gasteiger partial charge in [-0.1, -0.05) is 22.9 Å². The van der Waals surface area contributed by atoms with Gasteiger partial charge < -0.3 is 25.3 Å². The van der Waals surface area contributed by atoms with E-state index in [9.17, 15) is 9.59 Å². The molecule has 0 radical (unpaired) electrons. The first-order chi connectivity index (χ1) is 15.1. The smallest absolute Gasteiger partial charge is 0.367 e. The number of anilines is 3. The summed E-state index contributed by atoms with van der Waals surface area (Å²) in [7, 11) is 1.63. The van der Waals surface area contributed by atoms with Gasteiger partial charge in [-0.3, -0.25) is 9.78 Å². The number of pyridine rings is 1. The van der Waals surface area contributed by atoms with Crippen LogP contribution in [0.1, 0.15) is 10.7 Å². The third-order valence-electron chi connectivity index (χ3n) is 5.52. The first-order valence-corrected chi connectivity index (χ1v) is 10.1.